The van der Waals surface area contributed by atoms with Crippen LogP contribution in [0.5, 0.6) is 0 Å². The van der Waals surface area contributed by atoms with Gasteiger partial charge in [-0.05, 0) is 55.7 Å². The van der Waals surface area contributed by atoms with Gasteiger partial charge in [0.2, 0.25) is 0 Å². The number of hydrogen-bond acceptors (Lipinski definition) is 2. The summed E-state index contributed by atoms with van der Waals surface area (Å²) >= 11 is 18.5. The highest BCUT2D eigenvalue weighted by Gasteiger charge is 2.25. The average molecular weight is 465 g/mol. The minimum atomic E-state index is -0.0709. The highest BCUT2D eigenvalue weighted by atomic mass is 35.5. The van der Waals surface area contributed by atoms with Crippen molar-refractivity contribution in [2.45, 2.75) is 51.6 Å². The van der Waals surface area contributed by atoms with Crippen LogP contribution in [0.3, 0.4) is 0 Å². The van der Waals surface area contributed by atoms with Crippen molar-refractivity contribution in [3.63, 3.8) is 0 Å². The Morgan fingerprint density at radius 2 is 1.87 bits per heavy atom. The molecule has 0 radical (unpaired) electrons. The summed E-state index contributed by atoms with van der Waals surface area (Å²) in [7, 11) is 0. The smallest absolute Gasteiger partial charge is 0.254 e. The predicted octanol–water partition coefficient (Wildman–Crippen LogP) is 7.16. The number of halogens is 3. The van der Waals surface area contributed by atoms with Crippen LogP contribution < -0.4 is 0 Å². The van der Waals surface area contributed by atoms with Gasteiger partial charge in [0.15, 0.2) is 0 Å². The van der Waals surface area contributed by atoms with Crippen LogP contribution in [-0.2, 0) is 6.54 Å². The van der Waals surface area contributed by atoms with Crippen LogP contribution in [0.4, 0.5) is 0 Å². The van der Waals surface area contributed by atoms with Crippen LogP contribution in [0.1, 0.15) is 61.3 Å². The van der Waals surface area contributed by atoms with E-state index in [1.165, 1.54) is 12.8 Å². The van der Waals surface area contributed by atoms with Gasteiger partial charge in [-0.1, -0.05) is 54.6 Å². The van der Waals surface area contributed by atoms with Crippen LogP contribution in [0, 0.1) is 0 Å². The standard InChI is InChI=1S/C23H24Cl3N3O/c1-2-11-28(23(30)15-7-9-18(25)19(26)12-15)14-22-27-20-10-8-16(24)13-21(20)29(22)17-5-3-4-6-17/h7-10,12-13,17H,2-6,11,14H2,1H3. The molecule has 0 bridgehead atoms. The van der Waals surface area contributed by atoms with Crippen molar-refractivity contribution in [3.05, 3.63) is 62.9 Å². The summed E-state index contributed by atoms with van der Waals surface area (Å²) < 4.78 is 2.30. The molecule has 7 heteroatoms. The van der Waals surface area contributed by atoms with Gasteiger partial charge in [-0.2, -0.15) is 0 Å². The van der Waals surface area contributed by atoms with E-state index in [2.05, 4.69) is 11.5 Å². The Kier molecular flexibility index (Phi) is 6.57. The maximum Gasteiger partial charge on any atom is 0.254 e. The Bertz CT molecular complexity index is 1070. The Labute approximate surface area is 191 Å². The quantitative estimate of drug-likeness (QED) is 0.388. The fourth-order valence-corrected chi connectivity index (χ4v) is 4.77. The van der Waals surface area contributed by atoms with E-state index >= 15 is 0 Å². The summed E-state index contributed by atoms with van der Waals surface area (Å²) in [4.78, 5) is 20.0. The molecule has 0 aliphatic heterocycles. The molecule has 1 amide bonds. The molecule has 1 heterocycles. The fourth-order valence-electron chi connectivity index (χ4n) is 4.30. The predicted molar refractivity (Wildman–Crippen MR) is 124 cm³/mol. The monoisotopic (exact) mass is 463 g/mol. The van der Waals surface area contributed by atoms with Gasteiger partial charge in [0.25, 0.3) is 5.91 Å². The maximum absolute atomic E-state index is 13.3. The normalized spacial score (nSPS) is 14.5. The van der Waals surface area contributed by atoms with Crippen LogP contribution >= 0.6 is 34.8 Å². The second kappa shape index (κ2) is 9.17. The summed E-state index contributed by atoms with van der Waals surface area (Å²) in [6.07, 6.45) is 5.53. The molecule has 0 saturated heterocycles. The first-order valence-electron chi connectivity index (χ1n) is 10.4. The lowest BCUT2D eigenvalue weighted by molar-refractivity contribution is 0.0736. The molecule has 0 spiro atoms. The van der Waals surface area contributed by atoms with Crippen LogP contribution in [-0.4, -0.2) is 26.9 Å². The van der Waals surface area contributed by atoms with E-state index in [0.717, 1.165) is 36.1 Å². The molecule has 3 aromatic rings. The van der Waals surface area contributed by atoms with Crippen molar-refractivity contribution < 1.29 is 4.79 Å². The largest absolute Gasteiger partial charge is 0.331 e. The minimum Gasteiger partial charge on any atom is -0.331 e. The first kappa shape index (κ1) is 21.5. The maximum atomic E-state index is 13.3. The van der Waals surface area contributed by atoms with E-state index in [-0.39, 0.29) is 5.91 Å². The van der Waals surface area contributed by atoms with Gasteiger partial charge in [0.05, 0.1) is 27.6 Å². The van der Waals surface area contributed by atoms with Gasteiger partial charge < -0.3 is 9.47 Å². The molecule has 0 atom stereocenters. The molecular formula is C23H24Cl3N3O. The second-order valence-corrected chi connectivity index (χ2v) is 9.08. The van der Waals surface area contributed by atoms with Gasteiger partial charge in [-0.25, -0.2) is 4.98 Å². The van der Waals surface area contributed by atoms with Gasteiger partial charge in [0, 0.05) is 23.2 Å². The number of hydrogen-bond donors (Lipinski definition) is 0. The van der Waals surface area contributed by atoms with E-state index in [4.69, 9.17) is 39.8 Å². The summed E-state index contributed by atoms with van der Waals surface area (Å²) in [5.41, 5.74) is 2.49. The molecule has 2 aromatic carbocycles. The first-order valence-corrected chi connectivity index (χ1v) is 11.5. The van der Waals surface area contributed by atoms with Crippen molar-refractivity contribution in [1.82, 2.24) is 14.5 Å². The fraction of sp³-hybridized carbons (Fsp3) is 0.391. The lowest BCUT2D eigenvalue weighted by atomic mass is 10.2. The summed E-state index contributed by atoms with van der Waals surface area (Å²) in [5.74, 6) is 0.833. The molecule has 4 rings (SSSR count). The number of aromatic nitrogens is 2. The zero-order valence-electron chi connectivity index (χ0n) is 16.9. The number of fused-ring (bicyclic) bond motifs is 1. The van der Waals surface area contributed by atoms with E-state index in [0.29, 0.717) is 39.8 Å². The third-order valence-electron chi connectivity index (χ3n) is 5.69. The molecule has 1 aliphatic rings. The van der Waals surface area contributed by atoms with Gasteiger partial charge in [-0.3, -0.25) is 4.79 Å². The highest BCUT2D eigenvalue weighted by Crippen LogP contribution is 2.35. The van der Waals surface area contributed by atoms with Crippen molar-refractivity contribution in [2.24, 2.45) is 0 Å². The van der Waals surface area contributed by atoms with Crippen molar-refractivity contribution >= 4 is 51.7 Å². The summed E-state index contributed by atoms with van der Waals surface area (Å²) in [5, 5.41) is 1.52. The van der Waals surface area contributed by atoms with Crippen molar-refractivity contribution in [1.29, 1.82) is 0 Å². The number of carbonyl (C=O) groups excluding carboxylic acids is 1. The van der Waals surface area contributed by atoms with Crippen LogP contribution in [0.15, 0.2) is 36.4 Å². The van der Waals surface area contributed by atoms with E-state index in [9.17, 15) is 4.79 Å². The van der Waals surface area contributed by atoms with Gasteiger partial charge in [0.1, 0.15) is 5.82 Å². The molecule has 0 N–H and O–H groups in total. The minimum absolute atomic E-state index is 0.0709. The SMILES string of the molecule is CCCN(Cc1nc2ccc(Cl)cc2n1C1CCCC1)C(=O)c1ccc(Cl)c(Cl)c1. The zero-order chi connectivity index (χ0) is 21.3. The van der Waals surface area contributed by atoms with Crippen molar-refractivity contribution in [3.8, 4) is 0 Å². The zero-order valence-corrected chi connectivity index (χ0v) is 19.1. The highest BCUT2D eigenvalue weighted by molar-refractivity contribution is 6.42. The summed E-state index contributed by atoms with van der Waals surface area (Å²) in [6, 6.07) is 11.2. The number of amides is 1. The van der Waals surface area contributed by atoms with Crippen LogP contribution in [0.2, 0.25) is 15.1 Å². The molecular weight excluding hydrogens is 441 g/mol. The van der Waals surface area contributed by atoms with E-state index in [1.54, 1.807) is 18.2 Å². The second-order valence-electron chi connectivity index (χ2n) is 7.82. The Morgan fingerprint density at radius 1 is 1.10 bits per heavy atom. The molecule has 1 saturated carbocycles. The molecule has 1 fully saturated rings. The molecule has 4 nitrogen and oxygen atoms in total. The van der Waals surface area contributed by atoms with Gasteiger partial charge in [-0.15, -0.1) is 0 Å². The molecule has 30 heavy (non-hydrogen) atoms. The van der Waals surface area contributed by atoms with E-state index in [1.807, 2.05) is 23.1 Å². The number of benzene rings is 2. The third-order valence-corrected chi connectivity index (χ3v) is 6.67. The Hall–Kier alpha value is -1.75. The first-order chi connectivity index (χ1) is 14.5. The molecule has 1 aliphatic carbocycles. The van der Waals surface area contributed by atoms with Crippen molar-refractivity contribution in [2.75, 3.05) is 6.54 Å². The molecule has 158 valence electrons. The lowest BCUT2D eigenvalue weighted by Gasteiger charge is -2.24. The Balaban J connectivity index is 1.71. The number of rotatable bonds is 6. The number of imidazole rings is 1. The van der Waals surface area contributed by atoms with Gasteiger partial charge >= 0.3 is 0 Å². The topological polar surface area (TPSA) is 38.1 Å². The number of nitrogens with zero attached hydrogens (tertiary/aromatic N) is 3. The molecule has 0 unspecified atom stereocenters. The van der Waals surface area contributed by atoms with Crippen LogP contribution in [0.25, 0.3) is 11.0 Å². The number of carbonyl (C=O) groups is 1. The average Bonchev–Trinajstić information content (AvgIpc) is 3.36. The third kappa shape index (κ3) is 4.32. The molecule has 1 aromatic heterocycles. The van der Waals surface area contributed by atoms with E-state index < -0.39 is 0 Å². The Morgan fingerprint density at radius 3 is 2.57 bits per heavy atom. The summed E-state index contributed by atoms with van der Waals surface area (Å²) in [6.45, 7) is 3.14. The lowest BCUT2D eigenvalue weighted by Crippen LogP contribution is -2.32.